The first-order chi connectivity index (χ1) is 9.77. The molecule has 0 aliphatic carbocycles. The second kappa shape index (κ2) is 6.12. The van der Waals surface area contributed by atoms with Gasteiger partial charge in [0.15, 0.2) is 0 Å². The Hall–Kier alpha value is -1.45. The van der Waals surface area contributed by atoms with Gasteiger partial charge < -0.3 is 10.4 Å². The van der Waals surface area contributed by atoms with E-state index in [0.29, 0.717) is 24.4 Å². The van der Waals surface area contributed by atoms with Gasteiger partial charge >= 0.3 is 5.97 Å². The molecule has 21 heavy (non-hydrogen) atoms. The molecule has 1 atom stereocenters. The quantitative estimate of drug-likeness (QED) is 0.858. The first-order valence-electron chi connectivity index (χ1n) is 6.36. The van der Waals surface area contributed by atoms with Gasteiger partial charge in [0.2, 0.25) is 15.9 Å². The predicted molar refractivity (Wildman–Crippen MR) is 79.0 cm³/mol. The highest BCUT2D eigenvalue weighted by molar-refractivity contribution is 7.88. The van der Waals surface area contributed by atoms with Crippen molar-refractivity contribution < 1.29 is 23.1 Å². The molecule has 0 spiro atoms. The Balaban J connectivity index is 2.01. The number of carboxylic acid groups (broad SMARTS) is 1. The van der Waals surface area contributed by atoms with Gasteiger partial charge in [0, 0.05) is 13.1 Å². The maximum absolute atomic E-state index is 12.1. The topological polar surface area (TPSA) is 104 Å². The van der Waals surface area contributed by atoms with E-state index in [1.807, 2.05) is 0 Å². The van der Waals surface area contributed by atoms with E-state index < -0.39 is 21.9 Å². The van der Waals surface area contributed by atoms with E-state index in [0.717, 1.165) is 17.6 Å². The second-order valence-corrected chi connectivity index (χ2v) is 7.98. The van der Waals surface area contributed by atoms with Crippen LogP contribution >= 0.6 is 11.3 Å². The molecular formula is C12H16N2O5S2. The van der Waals surface area contributed by atoms with Crippen molar-refractivity contribution in [2.75, 3.05) is 24.7 Å². The standard InChI is InChI=1S/C12H16N2O5S2/c1-21(18,19)14-6-2-3-8(7-14)11(15)13-10-5-4-9(20-10)12(16)17/h4-5,8H,2-3,6-7H2,1H3,(H,13,15)(H,16,17). The molecule has 0 saturated carbocycles. The summed E-state index contributed by atoms with van der Waals surface area (Å²) in [5, 5.41) is 11.9. The summed E-state index contributed by atoms with van der Waals surface area (Å²) >= 11 is 0.976. The fourth-order valence-electron chi connectivity index (χ4n) is 2.20. The molecule has 2 rings (SSSR count). The zero-order valence-electron chi connectivity index (χ0n) is 11.4. The molecule has 1 saturated heterocycles. The first-order valence-corrected chi connectivity index (χ1v) is 9.03. The van der Waals surface area contributed by atoms with E-state index >= 15 is 0 Å². The summed E-state index contributed by atoms with van der Waals surface area (Å²) in [5.41, 5.74) is 0. The van der Waals surface area contributed by atoms with Crippen LogP contribution in [0.4, 0.5) is 5.00 Å². The number of thiophene rings is 1. The molecule has 1 amide bonds. The van der Waals surface area contributed by atoms with Crippen LogP contribution in [0.2, 0.25) is 0 Å². The number of hydrogen-bond donors (Lipinski definition) is 2. The molecule has 1 aliphatic heterocycles. The molecule has 0 radical (unpaired) electrons. The zero-order valence-corrected chi connectivity index (χ0v) is 13.0. The lowest BCUT2D eigenvalue weighted by molar-refractivity contribution is -0.120. The highest BCUT2D eigenvalue weighted by Gasteiger charge is 2.30. The minimum Gasteiger partial charge on any atom is -0.477 e. The van der Waals surface area contributed by atoms with E-state index in [1.54, 1.807) is 0 Å². The Bertz CT molecular complexity index is 652. The zero-order chi connectivity index (χ0) is 15.6. The van der Waals surface area contributed by atoms with Crippen LogP contribution in [0, 0.1) is 5.92 Å². The van der Waals surface area contributed by atoms with Gasteiger partial charge in [-0.15, -0.1) is 11.3 Å². The van der Waals surface area contributed by atoms with Crippen molar-refractivity contribution in [3.8, 4) is 0 Å². The number of amides is 1. The van der Waals surface area contributed by atoms with E-state index in [1.165, 1.54) is 16.4 Å². The molecule has 0 bridgehead atoms. The number of carbonyl (C=O) groups is 2. The molecule has 7 nitrogen and oxygen atoms in total. The van der Waals surface area contributed by atoms with E-state index in [-0.39, 0.29) is 17.3 Å². The lowest BCUT2D eigenvalue weighted by atomic mass is 9.99. The number of rotatable bonds is 4. The number of piperidine rings is 1. The number of carbonyl (C=O) groups excluding carboxylic acids is 1. The lowest BCUT2D eigenvalue weighted by Crippen LogP contribution is -2.43. The third-order valence-electron chi connectivity index (χ3n) is 3.29. The summed E-state index contributed by atoms with van der Waals surface area (Å²) in [6.07, 6.45) is 2.39. The SMILES string of the molecule is CS(=O)(=O)N1CCCC(C(=O)Nc2ccc(C(=O)O)s2)C1. The van der Waals surface area contributed by atoms with Gasteiger partial charge in [0.1, 0.15) is 4.88 Å². The smallest absolute Gasteiger partial charge is 0.345 e. The largest absolute Gasteiger partial charge is 0.477 e. The number of anilines is 1. The number of nitrogens with one attached hydrogen (secondary N) is 1. The van der Waals surface area contributed by atoms with Gasteiger partial charge in [-0.3, -0.25) is 4.79 Å². The minimum absolute atomic E-state index is 0.145. The number of aromatic carboxylic acids is 1. The maximum Gasteiger partial charge on any atom is 0.345 e. The predicted octanol–water partition coefficient (Wildman–Crippen LogP) is 1.06. The van der Waals surface area contributed by atoms with Gasteiger partial charge in [-0.1, -0.05) is 0 Å². The van der Waals surface area contributed by atoms with Crippen LogP contribution in [0.5, 0.6) is 0 Å². The molecule has 116 valence electrons. The Morgan fingerprint density at radius 1 is 1.43 bits per heavy atom. The lowest BCUT2D eigenvalue weighted by Gasteiger charge is -2.29. The Morgan fingerprint density at radius 3 is 2.71 bits per heavy atom. The van der Waals surface area contributed by atoms with Crippen molar-refractivity contribution in [1.82, 2.24) is 4.31 Å². The van der Waals surface area contributed by atoms with Crippen LogP contribution in [0.1, 0.15) is 22.5 Å². The third-order valence-corrected chi connectivity index (χ3v) is 5.55. The Kier molecular flexibility index (Phi) is 4.64. The van der Waals surface area contributed by atoms with Crippen molar-refractivity contribution in [3.63, 3.8) is 0 Å². The van der Waals surface area contributed by atoms with Gasteiger partial charge in [0.25, 0.3) is 0 Å². The normalized spacial score (nSPS) is 20.1. The van der Waals surface area contributed by atoms with E-state index in [2.05, 4.69) is 5.32 Å². The van der Waals surface area contributed by atoms with Crippen LogP contribution in [-0.4, -0.2) is 49.1 Å². The molecule has 2 heterocycles. The first kappa shape index (κ1) is 15.9. The molecule has 1 fully saturated rings. The molecule has 1 unspecified atom stereocenters. The average molecular weight is 332 g/mol. The molecule has 1 aromatic rings. The average Bonchev–Trinajstić information content (AvgIpc) is 2.86. The van der Waals surface area contributed by atoms with Crippen LogP contribution in [0.15, 0.2) is 12.1 Å². The summed E-state index contributed by atoms with van der Waals surface area (Å²) < 4.78 is 24.3. The summed E-state index contributed by atoms with van der Waals surface area (Å²) in [6, 6.07) is 2.95. The molecule has 0 aromatic carbocycles. The van der Waals surface area contributed by atoms with Gasteiger partial charge in [-0.25, -0.2) is 17.5 Å². The van der Waals surface area contributed by atoms with Crippen molar-refractivity contribution in [1.29, 1.82) is 0 Å². The minimum atomic E-state index is -3.29. The van der Waals surface area contributed by atoms with Crippen molar-refractivity contribution in [2.24, 2.45) is 5.92 Å². The van der Waals surface area contributed by atoms with Crippen molar-refractivity contribution in [2.45, 2.75) is 12.8 Å². The fourth-order valence-corrected chi connectivity index (χ4v) is 3.86. The monoisotopic (exact) mass is 332 g/mol. The van der Waals surface area contributed by atoms with Gasteiger partial charge in [-0.2, -0.15) is 0 Å². The summed E-state index contributed by atoms with van der Waals surface area (Å²) in [6.45, 7) is 0.604. The summed E-state index contributed by atoms with van der Waals surface area (Å²) in [5.74, 6) is -1.73. The van der Waals surface area contributed by atoms with Crippen LogP contribution in [-0.2, 0) is 14.8 Å². The van der Waals surface area contributed by atoms with Gasteiger partial charge in [-0.05, 0) is 25.0 Å². The third kappa shape index (κ3) is 4.02. The van der Waals surface area contributed by atoms with Crippen LogP contribution < -0.4 is 5.32 Å². The molecule has 1 aromatic heterocycles. The highest BCUT2D eigenvalue weighted by Crippen LogP contribution is 2.25. The number of nitrogens with zero attached hydrogens (tertiary/aromatic N) is 1. The van der Waals surface area contributed by atoms with Crippen molar-refractivity contribution in [3.05, 3.63) is 17.0 Å². The number of sulfonamides is 1. The Morgan fingerprint density at radius 2 is 2.14 bits per heavy atom. The highest BCUT2D eigenvalue weighted by atomic mass is 32.2. The molecule has 9 heteroatoms. The fraction of sp³-hybridized carbons (Fsp3) is 0.500. The molecular weight excluding hydrogens is 316 g/mol. The van der Waals surface area contributed by atoms with Crippen molar-refractivity contribution >= 4 is 38.2 Å². The Labute approximate surface area is 126 Å². The van der Waals surface area contributed by atoms with E-state index in [9.17, 15) is 18.0 Å². The van der Waals surface area contributed by atoms with Gasteiger partial charge in [0.05, 0.1) is 17.2 Å². The van der Waals surface area contributed by atoms with Crippen LogP contribution in [0.25, 0.3) is 0 Å². The summed E-state index contributed by atoms with van der Waals surface area (Å²) in [4.78, 5) is 23.1. The maximum atomic E-state index is 12.1. The van der Waals surface area contributed by atoms with E-state index in [4.69, 9.17) is 5.11 Å². The van der Waals surface area contributed by atoms with Crippen LogP contribution in [0.3, 0.4) is 0 Å². The second-order valence-electron chi connectivity index (χ2n) is 4.92. The number of carboxylic acids is 1. The molecule has 2 N–H and O–H groups in total. The summed E-state index contributed by atoms with van der Waals surface area (Å²) in [7, 11) is -3.29. The molecule has 1 aliphatic rings. The number of hydrogen-bond acceptors (Lipinski definition) is 5.